The van der Waals surface area contributed by atoms with Gasteiger partial charge in [0.15, 0.2) is 0 Å². The monoisotopic (exact) mass is 534 g/mol. The molecule has 0 aromatic rings. The van der Waals surface area contributed by atoms with Crippen LogP contribution in [0.5, 0.6) is 0 Å². The molecule has 39 heavy (non-hydrogen) atoms. The molecule has 0 aromatic heterocycles. The summed E-state index contributed by atoms with van der Waals surface area (Å²) in [6.45, 7) is 17.0. The van der Waals surface area contributed by atoms with Gasteiger partial charge in [-0.25, -0.2) is 4.79 Å². The lowest BCUT2D eigenvalue weighted by atomic mass is 9.47. The zero-order valence-corrected chi connectivity index (χ0v) is 26.3. The lowest BCUT2D eigenvalue weighted by molar-refractivity contribution is -0.145. The first kappa shape index (κ1) is 30.4. The number of esters is 1. The second kappa shape index (κ2) is 12.9. The van der Waals surface area contributed by atoms with Crippen molar-refractivity contribution >= 4 is 5.97 Å². The van der Waals surface area contributed by atoms with Gasteiger partial charge < -0.3 is 4.74 Å². The molecule has 4 rings (SSSR count). The number of carbonyl (C=O) groups is 1. The normalized spacial score (nSPS) is 38.1. The van der Waals surface area contributed by atoms with Crippen molar-refractivity contribution in [3.8, 4) is 0 Å². The molecule has 0 aliphatic heterocycles. The van der Waals surface area contributed by atoms with Gasteiger partial charge >= 0.3 is 5.97 Å². The first-order chi connectivity index (χ1) is 18.6. The molecule has 9 atom stereocenters. The Hall–Kier alpha value is -1.57. The van der Waals surface area contributed by atoms with Gasteiger partial charge in [-0.05, 0) is 111 Å². The van der Waals surface area contributed by atoms with Gasteiger partial charge in [-0.2, -0.15) is 0 Å². The van der Waals surface area contributed by atoms with Crippen molar-refractivity contribution in [3.63, 3.8) is 0 Å². The quantitative estimate of drug-likeness (QED) is 0.121. The lowest BCUT2D eigenvalue weighted by Crippen LogP contribution is -2.51. The van der Waals surface area contributed by atoms with E-state index in [0.717, 1.165) is 54.3 Å². The minimum absolute atomic E-state index is 0.0286. The van der Waals surface area contributed by atoms with E-state index in [2.05, 4.69) is 47.6 Å². The third kappa shape index (κ3) is 6.36. The Morgan fingerprint density at radius 3 is 2.49 bits per heavy atom. The second-order valence-electron chi connectivity index (χ2n) is 14.5. The molecule has 218 valence electrons. The fourth-order valence-corrected chi connectivity index (χ4v) is 9.97. The summed E-state index contributed by atoms with van der Waals surface area (Å²) in [5.74, 6) is 5.80. The van der Waals surface area contributed by atoms with Gasteiger partial charge in [0.1, 0.15) is 6.10 Å². The summed E-state index contributed by atoms with van der Waals surface area (Å²) in [7, 11) is 0. The number of carbonyl (C=O) groups excluding carboxylic acids is 1. The summed E-state index contributed by atoms with van der Waals surface area (Å²) >= 11 is 0. The standard InChI is InChI=1S/C37H58O2/c1-8-10-11-12-13-14-35(38)39-30-21-23-36(6)29(25-30)17-18-31-33-20-19-32(37(33,7)24-22-34(31)36)27(5)15-16-28(9-2)26(3)4/h8,10-14,17,26-28,30-34H,9,15-16,18-25H2,1-7H3. The topological polar surface area (TPSA) is 26.3 Å². The highest BCUT2D eigenvalue weighted by atomic mass is 16.5. The van der Waals surface area contributed by atoms with Gasteiger partial charge in [0, 0.05) is 12.5 Å². The van der Waals surface area contributed by atoms with Gasteiger partial charge in [0.25, 0.3) is 0 Å². The number of rotatable bonds is 10. The summed E-state index contributed by atoms with van der Waals surface area (Å²) in [6.07, 6.45) is 27.9. The Morgan fingerprint density at radius 2 is 1.77 bits per heavy atom. The van der Waals surface area contributed by atoms with Crippen LogP contribution in [0.1, 0.15) is 119 Å². The summed E-state index contributed by atoms with van der Waals surface area (Å²) in [6, 6.07) is 0. The van der Waals surface area contributed by atoms with E-state index in [-0.39, 0.29) is 12.1 Å². The van der Waals surface area contributed by atoms with Gasteiger partial charge in [0.05, 0.1) is 0 Å². The Morgan fingerprint density at radius 1 is 1.00 bits per heavy atom. The maximum atomic E-state index is 12.4. The third-order valence-corrected chi connectivity index (χ3v) is 12.3. The molecule has 0 radical (unpaired) electrons. The van der Waals surface area contributed by atoms with Gasteiger partial charge in [-0.1, -0.05) is 96.4 Å². The number of hydrogen-bond donors (Lipinski definition) is 0. The molecule has 0 amide bonds. The molecule has 0 heterocycles. The van der Waals surface area contributed by atoms with Crippen LogP contribution in [0, 0.1) is 52.3 Å². The van der Waals surface area contributed by atoms with E-state index in [1.54, 1.807) is 17.7 Å². The van der Waals surface area contributed by atoms with E-state index in [4.69, 9.17) is 4.74 Å². The largest absolute Gasteiger partial charge is 0.459 e. The van der Waals surface area contributed by atoms with Crippen LogP contribution in [-0.4, -0.2) is 12.1 Å². The van der Waals surface area contributed by atoms with E-state index < -0.39 is 0 Å². The molecule has 2 heteroatoms. The predicted octanol–water partition coefficient (Wildman–Crippen LogP) is 10.3. The van der Waals surface area contributed by atoms with Crippen LogP contribution in [0.2, 0.25) is 0 Å². The molecule has 3 fully saturated rings. The van der Waals surface area contributed by atoms with Crippen LogP contribution in [0.25, 0.3) is 0 Å². The fraction of sp³-hybridized carbons (Fsp3) is 0.757. The van der Waals surface area contributed by atoms with E-state index >= 15 is 0 Å². The number of fused-ring (bicyclic) bond motifs is 5. The minimum atomic E-state index is -0.207. The average Bonchev–Trinajstić information content (AvgIpc) is 3.26. The van der Waals surface area contributed by atoms with E-state index in [0.29, 0.717) is 10.8 Å². The highest BCUT2D eigenvalue weighted by Crippen LogP contribution is 2.67. The summed E-state index contributed by atoms with van der Waals surface area (Å²) < 4.78 is 5.90. The minimum Gasteiger partial charge on any atom is -0.459 e. The number of allylic oxidation sites excluding steroid dienone is 6. The van der Waals surface area contributed by atoms with Crippen LogP contribution in [-0.2, 0) is 9.53 Å². The molecular weight excluding hydrogens is 476 g/mol. The SMILES string of the molecule is CC=CC=CC=CC(=O)OC1CCC2(C)C(=CCC3C2CCC2(C)C(C(C)CCC(CC)C(C)C)CCC32)C1. The summed E-state index contributed by atoms with van der Waals surface area (Å²) in [5.41, 5.74) is 2.42. The fourth-order valence-electron chi connectivity index (χ4n) is 9.97. The number of hydrogen-bond acceptors (Lipinski definition) is 2. The lowest BCUT2D eigenvalue weighted by Gasteiger charge is -2.58. The van der Waals surface area contributed by atoms with Crippen molar-refractivity contribution in [2.45, 2.75) is 125 Å². The van der Waals surface area contributed by atoms with E-state index in [1.807, 2.05) is 31.2 Å². The Bertz CT molecular complexity index is 952. The Labute approximate surface area is 240 Å². The van der Waals surface area contributed by atoms with Crippen LogP contribution >= 0.6 is 0 Å². The second-order valence-corrected chi connectivity index (χ2v) is 14.5. The first-order valence-corrected chi connectivity index (χ1v) is 16.5. The van der Waals surface area contributed by atoms with Crippen LogP contribution in [0.15, 0.2) is 48.1 Å². The molecule has 3 saturated carbocycles. The zero-order valence-electron chi connectivity index (χ0n) is 26.3. The van der Waals surface area contributed by atoms with Crippen LogP contribution in [0.4, 0.5) is 0 Å². The van der Waals surface area contributed by atoms with Crippen molar-refractivity contribution in [2.75, 3.05) is 0 Å². The van der Waals surface area contributed by atoms with Crippen molar-refractivity contribution in [3.05, 3.63) is 48.1 Å². The maximum absolute atomic E-state index is 12.4. The van der Waals surface area contributed by atoms with Crippen molar-refractivity contribution < 1.29 is 9.53 Å². The maximum Gasteiger partial charge on any atom is 0.331 e. The van der Waals surface area contributed by atoms with Crippen molar-refractivity contribution in [1.82, 2.24) is 0 Å². The molecule has 4 aliphatic carbocycles. The molecule has 0 spiro atoms. The molecular formula is C37H58O2. The zero-order chi connectivity index (χ0) is 28.2. The van der Waals surface area contributed by atoms with Crippen molar-refractivity contribution in [1.29, 1.82) is 0 Å². The summed E-state index contributed by atoms with van der Waals surface area (Å²) in [4.78, 5) is 12.4. The van der Waals surface area contributed by atoms with Crippen molar-refractivity contribution in [2.24, 2.45) is 52.3 Å². The molecule has 2 nitrogen and oxygen atoms in total. The van der Waals surface area contributed by atoms with E-state index in [1.165, 1.54) is 57.8 Å². The summed E-state index contributed by atoms with van der Waals surface area (Å²) in [5, 5.41) is 0. The molecule has 9 unspecified atom stereocenters. The Balaban J connectivity index is 1.38. The molecule has 0 N–H and O–H groups in total. The first-order valence-electron chi connectivity index (χ1n) is 16.5. The smallest absolute Gasteiger partial charge is 0.331 e. The van der Waals surface area contributed by atoms with Crippen LogP contribution < -0.4 is 0 Å². The molecule has 0 saturated heterocycles. The molecule has 4 aliphatic rings. The molecule has 0 bridgehead atoms. The van der Waals surface area contributed by atoms with Crippen LogP contribution in [0.3, 0.4) is 0 Å². The average molecular weight is 535 g/mol. The van der Waals surface area contributed by atoms with Gasteiger partial charge in [0.2, 0.25) is 0 Å². The third-order valence-electron chi connectivity index (χ3n) is 12.3. The van der Waals surface area contributed by atoms with E-state index in [9.17, 15) is 4.79 Å². The van der Waals surface area contributed by atoms with Gasteiger partial charge in [-0.3, -0.25) is 0 Å². The Kier molecular flexibility index (Phi) is 10.1. The molecule has 0 aromatic carbocycles. The highest BCUT2D eigenvalue weighted by molar-refractivity contribution is 5.82. The predicted molar refractivity (Wildman–Crippen MR) is 165 cm³/mol. The van der Waals surface area contributed by atoms with Gasteiger partial charge in [-0.15, -0.1) is 0 Å². The number of ether oxygens (including phenoxy) is 1. The highest BCUT2D eigenvalue weighted by Gasteiger charge is 2.59.